The molecule has 0 N–H and O–H groups in total. The number of benzene rings is 3. The fourth-order valence-corrected chi connectivity index (χ4v) is 7.62. The molecule has 0 saturated heterocycles. The highest BCUT2D eigenvalue weighted by molar-refractivity contribution is 7.93. The van der Waals surface area contributed by atoms with Gasteiger partial charge in [-0.05, 0) is 79.1 Å². The summed E-state index contributed by atoms with van der Waals surface area (Å²) in [5.74, 6) is -1.25. The Balaban J connectivity index is 1.76. The van der Waals surface area contributed by atoms with Gasteiger partial charge in [-0.15, -0.1) is 0 Å². The minimum absolute atomic E-state index is 0.00727. The predicted octanol–water partition coefficient (Wildman–Crippen LogP) is 7.59. The van der Waals surface area contributed by atoms with Gasteiger partial charge in [-0.3, -0.25) is 24.0 Å². The van der Waals surface area contributed by atoms with E-state index < -0.39 is 49.2 Å². The van der Waals surface area contributed by atoms with Gasteiger partial charge in [0.1, 0.15) is 5.76 Å². The van der Waals surface area contributed by atoms with Crippen molar-refractivity contribution in [2.45, 2.75) is 70.9 Å². The van der Waals surface area contributed by atoms with Crippen molar-refractivity contribution in [3.05, 3.63) is 104 Å². The number of anilines is 1. The summed E-state index contributed by atoms with van der Waals surface area (Å²) < 4.78 is 74.2. The van der Waals surface area contributed by atoms with Crippen molar-refractivity contribution in [3.63, 3.8) is 0 Å². The summed E-state index contributed by atoms with van der Waals surface area (Å²) in [4.78, 5) is 36.3. The molecule has 0 fully saturated rings. The monoisotopic (exact) mass is 672 g/mol. The summed E-state index contributed by atoms with van der Waals surface area (Å²) >= 11 is 0. The summed E-state index contributed by atoms with van der Waals surface area (Å²) in [6.45, 7) is 6.79. The van der Waals surface area contributed by atoms with Crippen molar-refractivity contribution in [1.82, 2.24) is 0 Å². The second kappa shape index (κ2) is 14.1. The number of nitro groups is 1. The van der Waals surface area contributed by atoms with Crippen LogP contribution in [0.4, 0.5) is 24.5 Å². The Kier molecular flexibility index (Phi) is 10.6. The molecule has 0 radical (unpaired) electrons. The normalized spacial score (nSPS) is 15.5. The van der Waals surface area contributed by atoms with Crippen LogP contribution in [0, 0.1) is 23.0 Å². The smallest absolute Gasteiger partial charge is 0.416 e. The van der Waals surface area contributed by atoms with Gasteiger partial charge in [-0.2, -0.15) is 13.2 Å². The second-order valence-electron chi connectivity index (χ2n) is 11.4. The van der Waals surface area contributed by atoms with Gasteiger partial charge < -0.3 is 4.74 Å². The van der Waals surface area contributed by atoms with Crippen LogP contribution in [0.2, 0.25) is 0 Å². The lowest BCUT2D eigenvalue weighted by Gasteiger charge is -2.30. The highest BCUT2D eigenvalue weighted by Crippen LogP contribution is 2.40. The van der Waals surface area contributed by atoms with Crippen LogP contribution >= 0.6 is 0 Å². The van der Waals surface area contributed by atoms with Crippen molar-refractivity contribution < 1.29 is 40.8 Å². The molecule has 1 aliphatic carbocycles. The first-order valence-electron chi connectivity index (χ1n) is 15.1. The lowest BCUT2D eigenvalue weighted by molar-refractivity contribution is -0.387. The number of rotatable bonds is 11. The maximum absolute atomic E-state index is 13.9. The fraction of sp³-hybridized carbons (Fsp3) is 0.353. The standard InChI is InChI=1S/C34H35F3N2O7S/c1-5-24-17-21(3)18-25(6-2)32(24)33-29(41)19-23(20-30(33)46-22(4)40)15-16-38(27-13-11-26(12-14-27)34(35,36)37)47(44,45)31-10-8-7-9-28(31)39(42)43/h7-14,17-18,23H,5-6,15-16,19-20H2,1-4H3. The number of sulfonamides is 1. The number of nitro benzene ring substituents is 1. The fourth-order valence-electron chi connectivity index (χ4n) is 5.98. The number of aryl methyl sites for hydroxylation is 3. The third-order valence-electron chi connectivity index (χ3n) is 8.08. The number of carbonyl (C=O) groups excluding carboxylic acids is 2. The molecule has 0 saturated carbocycles. The van der Waals surface area contributed by atoms with E-state index in [2.05, 4.69) is 0 Å². The molecule has 47 heavy (non-hydrogen) atoms. The topological polar surface area (TPSA) is 124 Å². The molecule has 0 heterocycles. The average Bonchev–Trinajstić information content (AvgIpc) is 3.00. The van der Waals surface area contributed by atoms with Crippen molar-refractivity contribution in [1.29, 1.82) is 0 Å². The van der Waals surface area contributed by atoms with Crippen LogP contribution in [0.25, 0.3) is 5.57 Å². The zero-order chi connectivity index (χ0) is 34.7. The van der Waals surface area contributed by atoms with E-state index in [-0.39, 0.29) is 43.0 Å². The van der Waals surface area contributed by atoms with E-state index in [4.69, 9.17) is 4.74 Å². The summed E-state index contributed by atoms with van der Waals surface area (Å²) in [6, 6.07) is 12.1. The maximum atomic E-state index is 13.9. The number of ketones is 1. The molecule has 4 rings (SSSR count). The zero-order valence-corrected chi connectivity index (χ0v) is 27.2. The molecule has 1 unspecified atom stereocenters. The Morgan fingerprint density at radius 1 is 1.02 bits per heavy atom. The van der Waals surface area contributed by atoms with Gasteiger partial charge in [0.2, 0.25) is 0 Å². The van der Waals surface area contributed by atoms with E-state index in [1.54, 1.807) is 0 Å². The van der Waals surface area contributed by atoms with E-state index in [9.17, 15) is 41.3 Å². The van der Waals surface area contributed by atoms with Crippen molar-refractivity contribution in [2.24, 2.45) is 5.92 Å². The van der Waals surface area contributed by atoms with Gasteiger partial charge in [0.25, 0.3) is 15.7 Å². The number of Topliss-reactive ketones (excluding diaryl/α,β-unsaturated/α-hetero) is 1. The average molecular weight is 673 g/mol. The van der Waals surface area contributed by atoms with Crippen LogP contribution in [0.1, 0.15) is 67.9 Å². The quantitative estimate of drug-likeness (QED) is 0.117. The molecule has 0 aliphatic heterocycles. The van der Waals surface area contributed by atoms with Gasteiger partial charge in [-0.25, -0.2) is 8.42 Å². The largest absolute Gasteiger partial charge is 0.430 e. The number of nitrogens with zero attached hydrogens (tertiary/aromatic N) is 2. The molecular formula is C34H35F3N2O7S. The van der Waals surface area contributed by atoms with Crippen LogP contribution < -0.4 is 4.31 Å². The molecule has 13 heteroatoms. The van der Waals surface area contributed by atoms with Gasteiger partial charge in [0.15, 0.2) is 10.7 Å². The van der Waals surface area contributed by atoms with Crippen LogP contribution in [0.3, 0.4) is 0 Å². The highest BCUT2D eigenvalue weighted by atomic mass is 32.2. The van der Waals surface area contributed by atoms with Crippen molar-refractivity contribution in [3.8, 4) is 0 Å². The predicted molar refractivity (Wildman–Crippen MR) is 170 cm³/mol. The Labute approximate surface area is 271 Å². The number of carbonyl (C=O) groups is 2. The molecule has 3 aromatic rings. The van der Waals surface area contributed by atoms with Gasteiger partial charge in [0.05, 0.1) is 21.7 Å². The maximum Gasteiger partial charge on any atom is 0.416 e. The summed E-state index contributed by atoms with van der Waals surface area (Å²) in [5.41, 5.74) is 2.09. The van der Waals surface area contributed by atoms with Gasteiger partial charge in [0, 0.05) is 32.4 Å². The molecule has 250 valence electrons. The lowest BCUT2D eigenvalue weighted by Crippen LogP contribution is -2.34. The summed E-state index contributed by atoms with van der Waals surface area (Å²) in [5, 5.41) is 11.7. The van der Waals surface area contributed by atoms with Crippen molar-refractivity contribution >= 4 is 38.7 Å². The SMILES string of the molecule is CCc1cc(C)cc(CC)c1C1=C(OC(C)=O)CC(CCN(c2ccc(C(F)(F)F)cc2)S(=O)(=O)c2ccccc2[N+](=O)[O-])CC1=O. The molecule has 1 atom stereocenters. The van der Waals surface area contributed by atoms with E-state index in [1.165, 1.54) is 19.1 Å². The first kappa shape index (κ1) is 35.3. The van der Waals surface area contributed by atoms with E-state index in [1.807, 2.05) is 32.9 Å². The van der Waals surface area contributed by atoms with E-state index >= 15 is 0 Å². The van der Waals surface area contributed by atoms with Gasteiger partial charge >= 0.3 is 12.1 Å². The minimum Gasteiger partial charge on any atom is -0.430 e. The molecule has 0 spiro atoms. The number of allylic oxidation sites excluding steroid dienone is 2. The van der Waals surface area contributed by atoms with Crippen molar-refractivity contribution in [2.75, 3.05) is 10.8 Å². The van der Waals surface area contributed by atoms with Crippen LogP contribution in [-0.2, 0) is 43.4 Å². The van der Waals surface area contributed by atoms with Crippen LogP contribution in [0.15, 0.2) is 71.3 Å². The number of hydrogen-bond donors (Lipinski definition) is 0. The summed E-state index contributed by atoms with van der Waals surface area (Å²) in [6.07, 6.45) is -3.28. The molecule has 0 bridgehead atoms. The van der Waals surface area contributed by atoms with Crippen LogP contribution in [0.5, 0.6) is 0 Å². The first-order valence-corrected chi connectivity index (χ1v) is 16.5. The third kappa shape index (κ3) is 7.73. The van der Waals surface area contributed by atoms with Crippen LogP contribution in [-0.4, -0.2) is 31.6 Å². The Morgan fingerprint density at radius 2 is 1.62 bits per heavy atom. The Bertz CT molecular complexity index is 1810. The number of alkyl halides is 3. The lowest BCUT2D eigenvalue weighted by atomic mass is 9.79. The molecule has 0 aromatic heterocycles. The Morgan fingerprint density at radius 3 is 2.15 bits per heavy atom. The third-order valence-corrected chi connectivity index (χ3v) is 9.96. The number of hydrogen-bond acceptors (Lipinski definition) is 7. The molecule has 3 aromatic carbocycles. The van der Waals surface area contributed by atoms with E-state index in [0.717, 1.165) is 63.0 Å². The van der Waals surface area contributed by atoms with E-state index in [0.29, 0.717) is 18.4 Å². The molecule has 0 amide bonds. The zero-order valence-electron chi connectivity index (χ0n) is 26.4. The minimum atomic E-state index is -4.67. The molecular weight excluding hydrogens is 637 g/mol. The highest BCUT2D eigenvalue weighted by Gasteiger charge is 2.36. The number of esters is 1. The molecule has 1 aliphatic rings. The first-order chi connectivity index (χ1) is 22.1. The molecule has 9 nitrogen and oxygen atoms in total. The number of halogens is 3. The number of para-hydroxylation sites is 1. The second-order valence-corrected chi connectivity index (χ2v) is 13.2. The summed E-state index contributed by atoms with van der Waals surface area (Å²) in [7, 11) is -4.67. The Hall–Kier alpha value is -4.52. The van der Waals surface area contributed by atoms with Gasteiger partial charge in [-0.1, -0.05) is 43.7 Å². The number of ether oxygens (including phenoxy) is 1.